The molecule has 1 aliphatic rings. The standard InChI is InChI=1S/C12H13ClFNO4S/c13-11-9(12(16)19-7-3-1-2-4-7)5-8(6-10(11)14)20(15,17)18/h5-7H,1-4H2,(H2,15,17,18). The van der Waals surface area contributed by atoms with Crippen molar-refractivity contribution in [3.8, 4) is 0 Å². The molecule has 5 nitrogen and oxygen atoms in total. The number of primary sulfonamides is 1. The molecule has 0 spiro atoms. The summed E-state index contributed by atoms with van der Waals surface area (Å²) in [5, 5.41) is 4.45. The van der Waals surface area contributed by atoms with Gasteiger partial charge in [0.15, 0.2) is 0 Å². The summed E-state index contributed by atoms with van der Waals surface area (Å²) < 4.78 is 41.2. The lowest BCUT2D eigenvalue weighted by molar-refractivity contribution is 0.0317. The van der Waals surface area contributed by atoms with Crippen molar-refractivity contribution >= 4 is 27.6 Å². The first kappa shape index (κ1) is 15.2. The molecule has 0 aromatic heterocycles. The molecule has 0 unspecified atom stereocenters. The summed E-state index contributed by atoms with van der Waals surface area (Å²) in [5.74, 6) is -1.87. The molecule has 2 rings (SSSR count). The Balaban J connectivity index is 2.34. The fourth-order valence-electron chi connectivity index (χ4n) is 2.10. The summed E-state index contributed by atoms with van der Waals surface area (Å²) >= 11 is 5.68. The first-order valence-corrected chi connectivity index (χ1v) is 7.94. The highest BCUT2D eigenvalue weighted by atomic mass is 35.5. The van der Waals surface area contributed by atoms with Crippen molar-refractivity contribution in [3.63, 3.8) is 0 Å². The second-order valence-electron chi connectivity index (χ2n) is 4.62. The first-order valence-electron chi connectivity index (χ1n) is 6.02. The number of esters is 1. The minimum Gasteiger partial charge on any atom is -0.459 e. The smallest absolute Gasteiger partial charge is 0.340 e. The van der Waals surface area contributed by atoms with Crippen LogP contribution in [0, 0.1) is 5.82 Å². The van der Waals surface area contributed by atoms with E-state index in [4.69, 9.17) is 21.5 Å². The maximum Gasteiger partial charge on any atom is 0.340 e. The number of hydrogen-bond donors (Lipinski definition) is 1. The summed E-state index contributed by atoms with van der Waals surface area (Å²) in [4.78, 5) is 11.4. The number of carbonyl (C=O) groups excluding carboxylic acids is 1. The molecule has 1 aromatic rings. The van der Waals surface area contributed by atoms with Crippen molar-refractivity contribution in [2.75, 3.05) is 0 Å². The molecule has 0 saturated heterocycles. The van der Waals surface area contributed by atoms with E-state index in [2.05, 4.69) is 0 Å². The van der Waals surface area contributed by atoms with Gasteiger partial charge in [0.2, 0.25) is 10.0 Å². The molecule has 20 heavy (non-hydrogen) atoms. The highest BCUT2D eigenvalue weighted by molar-refractivity contribution is 7.89. The van der Waals surface area contributed by atoms with Gasteiger partial charge in [-0.05, 0) is 37.8 Å². The number of halogens is 2. The second-order valence-corrected chi connectivity index (χ2v) is 6.56. The van der Waals surface area contributed by atoms with Crippen LogP contribution in [0.4, 0.5) is 4.39 Å². The van der Waals surface area contributed by atoms with Crippen molar-refractivity contribution in [1.29, 1.82) is 0 Å². The third-order valence-electron chi connectivity index (χ3n) is 3.13. The fourth-order valence-corrected chi connectivity index (χ4v) is 2.83. The molecule has 8 heteroatoms. The molecule has 2 N–H and O–H groups in total. The van der Waals surface area contributed by atoms with E-state index in [0.29, 0.717) is 6.07 Å². The molecule has 0 radical (unpaired) electrons. The minimum atomic E-state index is -4.13. The molecule has 110 valence electrons. The lowest BCUT2D eigenvalue weighted by atomic mass is 10.2. The zero-order valence-corrected chi connectivity index (χ0v) is 12.0. The Bertz CT molecular complexity index is 641. The number of carbonyl (C=O) groups is 1. The topological polar surface area (TPSA) is 86.5 Å². The Morgan fingerprint density at radius 1 is 1.35 bits per heavy atom. The van der Waals surface area contributed by atoms with Gasteiger partial charge in [-0.3, -0.25) is 0 Å². The van der Waals surface area contributed by atoms with Crippen molar-refractivity contribution in [1.82, 2.24) is 0 Å². The van der Waals surface area contributed by atoms with E-state index in [0.717, 1.165) is 31.7 Å². The summed E-state index contributed by atoms with van der Waals surface area (Å²) in [6.45, 7) is 0. The van der Waals surface area contributed by atoms with E-state index >= 15 is 0 Å². The van der Waals surface area contributed by atoms with Crippen molar-refractivity contribution < 1.29 is 22.3 Å². The van der Waals surface area contributed by atoms with Gasteiger partial charge in [0.1, 0.15) is 11.9 Å². The number of ether oxygens (including phenoxy) is 1. The largest absolute Gasteiger partial charge is 0.459 e. The van der Waals surface area contributed by atoms with Crippen molar-refractivity contribution in [2.24, 2.45) is 5.14 Å². The van der Waals surface area contributed by atoms with Gasteiger partial charge in [-0.15, -0.1) is 0 Å². The average molecular weight is 322 g/mol. The summed E-state index contributed by atoms with van der Waals surface area (Å²) in [6.07, 6.45) is 3.15. The molecule has 0 atom stereocenters. The van der Waals surface area contributed by atoms with E-state index in [-0.39, 0.29) is 11.7 Å². The number of hydrogen-bond acceptors (Lipinski definition) is 4. The molecule has 0 heterocycles. The van der Waals surface area contributed by atoms with Gasteiger partial charge in [-0.25, -0.2) is 22.7 Å². The van der Waals surface area contributed by atoms with E-state index < -0.39 is 31.7 Å². The van der Waals surface area contributed by atoms with Crippen LogP contribution in [0.15, 0.2) is 17.0 Å². The Kier molecular flexibility index (Phi) is 4.31. The van der Waals surface area contributed by atoms with Crippen LogP contribution in [0.3, 0.4) is 0 Å². The molecular formula is C12H13ClFNO4S. The van der Waals surface area contributed by atoms with Gasteiger partial charge in [0.25, 0.3) is 0 Å². The predicted octanol–water partition coefficient (Wildman–Crippen LogP) is 2.23. The first-order chi connectivity index (χ1) is 9.29. The van der Waals surface area contributed by atoms with Crippen molar-refractivity contribution in [3.05, 3.63) is 28.5 Å². The maximum absolute atomic E-state index is 13.6. The van der Waals surface area contributed by atoms with Gasteiger partial charge < -0.3 is 4.74 Å². The molecular weight excluding hydrogens is 309 g/mol. The van der Waals surface area contributed by atoms with Gasteiger partial charge in [0.05, 0.1) is 15.5 Å². The molecule has 1 aromatic carbocycles. The van der Waals surface area contributed by atoms with E-state index in [1.54, 1.807) is 0 Å². The Morgan fingerprint density at radius 3 is 2.50 bits per heavy atom. The third kappa shape index (κ3) is 3.28. The van der Waals surface area contributed by atoms with Crippen LogP contribution in [-0.4, -0.2) is 20.5 Å². The van der Waals surface area contributed by atoms with Crippen LogP contribution in [0.5, 0.6) is 0 Å². The molecule has 1 aliphatic carbocycles. The second kappa shape index (κ2) is 5.67. The van der Waals surface area contributed by atoms with Gasteiger partial charge >= 0.3 is 5.97 Å². The van der Waals surface area contributed by atoms with Crippen molar-refractivity contribution in [2.45, 2.75) is 36.7 Å². The maximum atomic E-state index is 13.6. The fraction of sp³-hybridized carbons (Fsp3) is 0.417. The number of benzene rings is 1. The number of nitrogens with two attached hydrogens (primary N) is 1. The minimum absolute atomic E-state index is 0.236. The monoisotopic (exact) mass is 321 g/mol. The summed E-state index contributed by atoms with van der Waals surface area (Å²) in [5.41, 5.74) is -0.331. The Hall–Kier alpha value is -1.18. The molecule has 1 saturated carbocycles. The SMILES string of the molecule is NS(=O)(=O)c1cc(F)c(Cl)c(C(=O)OC2CCCC2)c1. The van der Waals surface area contributed by atoms with E-state index in [1.807, 2.05) is 0 Å². The predicted molar refractivity (Wildman–Crippen MR) is 70.5 cm³/mol. The Labute approximate surface area is 120 Å². The van der Waals surface area contributed by atoms with Crippen LogP contribution in [0.2, 0.25) is 5.02 Å². The zero-order chi connectivity index (χ0) is 14.9. The number of sulfonamides is 1. The lowest BCUT2D eigenvalue weighted by Crippen LogP contribution is -2.18. The normalized spacial score (nSPS) is 16.4. The zero-order valence-electron chi connectivity index (χ0n) is 10.4. The van der Waals surface area contributed by atoms with E-state index in [9.17, 15) is 17.6 Å². The molecule has 0 amide bonds. The van der Waals surface area contributed by atoms with Crippen LogP contribution < -0.4 is 5.14 Å². The summed E-state index contributed by atoms with van der Waals surface area (Å²) in [7, 11) is -4.13. The molecule has 0 bridgehead atoms. The molecule has 1 fully saturated rings. The quantitative estimate of drug-likeness (QED) is 0.865. The van der Waals surface area contributed by atoms with Crippen LogP contribution >= 0.6 is 11.6 Å². The highest BCUT2D eigenvalue weighted by Gasteiger charge is 2.24. The van der Waals surface area contributed by atoms with Gasteiger partial charge in [0, 0.05) is 0 Å². The Morgan fingerprint density at radius 2 is 1.95 bits per heavy atom. The highest BCUT2D eigenvalue weighted by Crippen LogP contribution is 2.27. The average Bonchev–Trinajstić information content (AvgIpc) is 2.83. The molecule has 0 aliphatic heterocycles. The third-order valence-corrected chi connectivity index (χ3v) is 4.40. The summed E-state index contributed by atoms with van der Waals surface area (Å²) in [6, 6.07) is 1.60. The van der Waals surface area contributed by atoms with Crippen LogP contribution in [-0.2, 0) is 14.8 Å². The van der Waals surface area contributed by atoms with Crippen LogP contribution in [0.25, 0.3) is 0 Å². The van der Waals surface area contributed by atoms with Gasteiger partial charge in [-0.1, -0.05) is 11.6 Å². The lowest BCUT2D eigenvalue weighted by Gasteiger charge is -2.13. The number of rotatable bonds is 3. The van der Waals surface area contributed by atoms with E-state index in [1.165, 1.54) is 0 Å². The van der Waals surface area contributed by atoms with Gasteiger partial charge in [-0.2, -0.15) is 0 Å². The van der Waals surface area contributed by atoms with Crippen LogP contribution in [0.1, 0.15) is 36.0 Å².